The van der Waals surface area contributed by atoms with Crippen LogP contribution in [-0.2, 0) is 9.47 Å². The number of hydrogen-bond donors (Lipinski definition) is 1. The van der Waals surface area contributed by atoms with Crippen molar-refractivity contribution in [2.45, 2.75) is 6.10 Å². The largest absolute Gasteiger partial charge is 0.382 e. The van der Waals surface area contributed by atoms with Gasteiger partial charge in [0.15, 0.2) is 5.13 Å². The fourth-order valence-corrected chi connectivity index (χ4v) is 2.43. The van der Waals surface area contributed by atoms with Crippen LogP contribution in [0.1, 0.15) is 0 Å². The van der Waals surface area contributed by atoms with Crippen LogP contribution in [0.25, 0.3) is 10.2 Å². The van der Waals surface area contributed by atoms with E-state index in [0.29, 0.717) is 18.7 Å². The Hall–Kier alpha value is -1.24. The summed E-state index contributed by atoms with van der Waals surface area (Å²) in [5, 5.41) is 3.93. The van der Waals surface area contributed by atoms with E-state index in [2.05, 4.69) is 10.3 Å². The molecule has 0 fully saturated rings. The van der Waals surface area contributed by atoms with Gasteiger partial charge in [0.25, 0.3) is 0 Å². The van der Waals surface area contributed by atoms with E-state index in [4.69, 9.17) is 9.47 Å². The fraction of sp³-hybridized carbons (Fsp3) is 0.417. The molecular formula is C12H15FN2O2S. The van der Waals surface area contributed by atoms with Crippen LogP contribution in [0.4, 0.5) is 9.52 Å². The lowest BCUT2D eigenvalue weighted by molar-refractivity contribution is 0.0365. The molecule has 0 saturated carbocycles. The SMILES string of the molecule is COCC(CNc1nc2cc(F)ccc2s1)OC. The first-order valence-corrected chi connectivity index (χ1v) is 6.36. The zero-order valence-corrected chi connectivity index (χ0v) is 11.1. The topological polar surface area (TPSA) is 43.4 Å². The van der Waals surface area contributed by atoms with Crippen molar-refractivity contribution in [3.05, 3.63) is 24.0 Å². The molecule has 0 radical (unpaired) electrons. The number of halogens is 1. The summed E-state index contributed by atoms with van der Waals surface area (Å²) < 4.78 is 24.2. The molecule has 2 rings (SSSR count). The molecule has 0 aliphatic heterocycles. The third-order valence-corrected chi connectivity index (χ3v) is 3.51. The predicted molar refractivity (Wildman–Crippen MR) is 70.7 cm³/mol. The van der Waals surface area contributed by atoms with E-state index >= 15 is 0 Å². The summed E-state index contributed by atoms with van der Waals surface area (Å²) in [7, 11) is 3.27. The average molecular weight is 270 g/mol. The number of anilines is 1. The summed E-state index contributed by atoms with van der Waals surface area (Å²) in [4.78, 5) is 4.31. The zero-order valence-electron chi connectivity index (χ0n) is 10.3. The smallest absolute Gasteiger partial charge is 0.183 e. The number of aromatic nitrogens is 1. The number of thiazole rings is 1. The van der Waals surface area contributed by atoms with E-state index in [9.17, 15) is 4.39 Å². The number of ether oxygens (including phenoxy) is 2. The molecule has 4 nitrogen and oxygen atoms in total. The first-order chi connectivity index (χ1) is 8.72. The molecule has 6 heteroatoms. The van der Waals surface area contributed by atoms with Gasteiger partial charge in [-0.25, -0.2) is 9.37 Å². The van der Waals surface area contributed by atoms with Gasteiger partial charge >= 0.3 is 0 Å². The van der Waals surface area contributed by atoms with Gasteiger partial charge < -0.3 is 14.8 Å². The molecule has 1 aromatic heterocycles. The molecule has 1 heterocycles. The minimum Gasteiger partial charge on any atom is -0.382 e. The summed E-state index contributed by atoms with van der Waals surface area (Å²) in [5.41, 5.74) is 0.670. The van der Waals surface area contributed by atoms with Gasteiger partial charge in [0, 0.05) is 26.8 Å². The van der Waals surface area contributed by atoms with Crippen LogP contribution in [0.2, 0.25) is 0 Å². The van der Waals surface area contributed by atoms with Crippen LogP contribution in [0.15, 0.2) is 18.2 Å². The summed E-state index contributed by atoms with van der Waals surface area (Å²) in [6.45, 7) is 1.12. The highest BCUT2D eigenvalue weighted by atomic mass is 32.1. The van der Waals surface area contributed by atoms with Crippen LogP contribution in [-0.4, -0.2) is 38.5 Å². The maximum atomic E-state index is 13.0. The van der Waals surface area contributed by atoms with Gasteiger partial charge in [-0.1, -0.05) is 11.3 Å². The second kappa shape index (κ2) is 6.08. The normalized spacial score (nSPS) is 12.8. The van der Waals surface area contributed by atoms with Crippen molar-refractivity contribution >= 4 is 26.7 Å². The van der Waals surface area contributed by atoms with Gasteiger partial charge in [-0.15, -0.1) is 0 Å². The minimum atomic E-state index is -0.270. The Morgan fingerprint density at radius 2 is 2.28 bits per heavy atom. The molecule has 0 bridgehead atoms. The van der Waals surface area contributed by atoms with Gasteiger partial charge in [0.05, 0.1) is 22.9 Å². The third-order valence-electron chi connectivity index (χ3n) is 2.52. The van der Waals surface area contributed by atoms with Crippen LogP contribution in [0.3, 0.4) is 0 Å². The summed E-state index contributed by atoms with van der Waals surface area (Å²) in [6.07, 6.45) is -0.0289. The Labute approximate surface area is 109 Å². The molecule has 0 aliphatic rings. The molecule has 18 heavy (non-hydrogen) atoms. The molecule has 98 valence electrons. The Balaban J connectivity index is 2.03. The quantitative estimate of drug-likeness (QED) is 0.876. The van der Waals surface area contributed by atoms with Gasteiger partial charge in [-0.3, -0.25) is 0 Å². The van der Waals surface area contributed by atoms with Crippen molar-refractivity contribution in [2.24, 2.45) is 0 Å². The number of benzene rings is 1. The lowest BCUT2D eigenvalue weighted by Gasteiger charge is -2.14. The Bertz CT molecular complexity index is 518. The van der Waals surface area contributed by atoms with Crippen molar-refractivity contribution in [2.75, 3.05) is 32.7 Å². The van der Waals surface area contributed by atoms with Crippen LogP contribution in [0.5, 0.6) is 0 Å². The average Bonchev–Trinajstić information content (AvgIpc) is 2.76. The number of methoxy groups -OCH3 is 2. The molecule has 1 N–H and O–H groups in total. The standard InChI is InChI=1S/C12H15FN2O2S/c1-16-7-9(17-2)6-14-12-15-10-5-8(13)3-4-11(10)18-12/h3-5,9H,6-7H2,1-2H3,(H,14,15). The Morgan fingerprint density at radius 3 is 3.00 bits per heavy atom. The minimum absolute atomic E-state index is 0.0289. The fourth-order valence-electron chi connectivity index (χ4n) is 1.57. The molecule has 0 saturated heterocycles. The summed E-state index contributed by atoms with van der Waals surface area (Å²) in [6, 6.07) is 4.60. The number of nitrogens with one attached hydrogen (secondary N) is 1. The highest BCUT2D eigenvalue weighted by Gasteiger charge is 2.09. The number of hydrogen-bond acceptors (Lipinski definition) is 5. The monoisotopic (exact) mass is 270 g/mol. The molecule has 1 unspecified atom stereocenters. The van der Waals surface area contributed by atoms with E-state index < -0.39 is 0 Å². The van der Waals surface area contributed by atoms with Gasteiger partial charge in [0.1, 0.15) is 5.82 Å². The van der Waals surface area contributed by atoms with Crippen molar-refractivity contribution in [3.8, 4) is 0 Å². The van der Waals surface area contributed by atoms with E-state index in [1.54, 1.807) is 20.3 Å². The number of nitrogens with zero attached hydrogens (tertiary/aromatic N) is 1. The molecule has 0 amide bonds. The maximum Gasteiger partial charge on any atom is 0.183 e. The zero-order chi connectivity index (χ0) is 13.0. The van der Waals surface area contributed by atoms with Crippen molar-refractivity contribution < 1.29 is 13.9 Å². The van der Waals surface area contributed by atoms with Gasteiger partial charge in [0.2, 0.25) is 0 Å². The van der Waals surface area contributed by atoms with Crippen molar-refractivity contribution in [3.63, 3.8) is 0 Å². The van der Waals surface area contributed by atoms with E-state index in [1.165, 1.54) is 23.5 Å². The first-order valence-electron chi connectivity index (χ1n) is 5.54. The maximum absolute atomic E-state index is 13.0. The van der Waals surface area contributed by atoms with Crippen LogP contribution < -0.4 is 5.32 Å². The van der Waals surface area contributed by atoms with Gasteiger partial charge in [-0.2, -0.15) is 0 Å². The lowest BCUT2D eigenvalue weighted by atomic mass is 10.3. The molecule has 2 aromatic rings. The highest BCUT2D eigenvalue weighted by molar-refractivity contribution is 7.22. The third kappa shape index (κ3) is 3.16. The van der Waals surface area contributed by atoms with Gasteiger partial charge in [-0.05, 0) is 12.1 Å². The Morgan fingerprint density at radius 1 is 1.44 bits per heavy atom. The number of fused-ring (bicyclic) bond motifs is 1. The predicted octanol–water partition coefficient (Wildman–Crippen LogP) is 2.51. The first kappa shape index (κ1) is 13.2. The van der Waals surface area contributed by atoms with Crippen LogP contribution >= 0.6 is 11.3 Å². The lowest BCUT2D eigenvalue weighted by Crippen LogP contribution is -2.26. The molecule has 1 aromatic carbocycles. The van der Waals surface area contributed by atoms with Crippen molar-refractivity contribution in [1.82, 2.24) is 4.98 Å². The van der Waals surface area contributed by atoms with E-state index in [0.717, 1.165) is 9.83 Å². The molecule has 0 spiro atoms. The molecule has 0 aliphatic carbocycles. The molecular weight excluding hydrogens is 255 g/mol. The second-order valence-electron chi connectivity index (χ2n) is 3.83. The second-order valence-corrected chi connectivity index (χ2v) is 4.86. The highest BCUT2D eigenvalue weighted by Crippen LogP contribution is 2.26. The van der Waals surface area contributed by atoms with Crippen LogP contribution in [0, 0.1) is 5.82 Å². The van der Waals surface area contributed by atoms with Crippen molar-refractivity contribution in [1.29, 1.82) is 0 Å². The Kier molecular flexibility index (Phi) is 4.46. The van der Waals surface area contributed by atoms with E-state index in [-0.39, 0.29) is 11.9 Å². The van der Waals surface area contributed by atoms with E-state index in [1.807, 2.05) is 0 Å². The molecule has 1 atom stereocenters. The summed E-state index contributed by atoms with van der Waals surface area (Å²) >= 11 is 1.49. The number of rotatable bonds is 6. The summed E-state index contributed by atoms with van der Waals surface area (Å²) in [5.74, 6) is -0.270.